The SMILES string of the molecule is CCN(CC)C1CCN(c2ccc3nnc(-c4ccccc4)n3n2)C1. The maximum atomic E-state index is 4.84. The highest BCUT2D eigenvalue weighted by Gasteiger charge is 2.27. The van der Waals surface area contributed by atoms with E-state index in [2.05, 4.69) is 39.9 Å². The minimum atomic E-state index is 0.613. The third-order valence-electron chi connectivity index (χ3n) is 5.10. The van der Waals surface area contributed by atoms with E-state index in [0.717, 1.165) is 49.0 Å². The summed E-state index contributed by atoms with van der Waals surface area (Å²) >= 11 is 0. The molecule has 3 heterocycles. The van der Waals surface area contributed by atoms with Gasteiger partial charge >= 0.3 is 0 Å². The lowest BCUT2D eigenvalue weighted by molar-refractivity contribution is 0.232. The van der Waals surface area contributed by atoms with E-state index in [1.54, 1.807) is 0 Å². The van der Waals surface area contributed by atoms with E-state index in [-0.39, 0.29) is 0 Å². The van der Waals surface area contributed by atoms with Gasteiger partial charge in [0.25, 0.3) is 0 Å². The van der Waals surface area contributed by atoms with Gasteiger partial charge in [0, 0.05) is 24.7 Å². The average Bonchev–Trinajstić information content (AvgIpc) is 3.30. The molecule has 1 unspecified atom stereocenters. The summed E-state index contributed by atoms with van der Waals surface area (Å²) in [5.41, 5.74) is 1.81. The van der Waals surface area contributed by atoms with Crippen LogP contribution in [0.4, 0.5) is 5.82 Å². The fraction of sp³-hybridized carbons (Fsp3) is 0.421. The van der Waals surface area contributed by atoms with Gasteiger partial charge in [-0.1, -0.05) is 44.2 Å². The van der Waals surface area contributed by atoms with Crippen LogP contribution < -0.4 is 4.90 Å². The normalized spacial score (nSPS) is 17.7. The van der Waals surface area contributed by atoms with E-state index in [0.29, 0.717) is 6.04 Å². The first-order valence-electron chi connectivity index (χ1n) is 9.07. The lowest BCUT2D eigenvalue weighted by atomic mass is 10.2. The molecule has 6 heteroatoms. The molecule has 0 N–H and O–H groups in total. The van der Waals surface area contributed by atoms with Crippen molar-refractivity contribution in [2.24, 2.45) is 0 Å². The maximum Gasteiger partial charge on any atom is 0.185 e. The molecule has 0 amide bonds. The van der Waals surface area contributed by atoms with Crippen LogP contribution in [-0.2, 0) is 0 Å². The van der Waals surface area contributed by atoms with Gasteiger partial charge in [-0.05, 0) is 31.6 Å². The number of benzene rings is 1. The van der Waals surface area contributed by atoms with Crippen LogP contribution in [0.15, 0.2) is 42.5 Å². The number of nitrogens with zero attached hydrogens (tertiary/aromatic N) is 6. The first kappa shape index (κ1) is 16.0. The molecule has 1 saturated heterocycles. The third-order valence-corrected chi connectivity index (χ3v) is 5.10. The number of rotatable bonds is 5. The lowest BCUT2D eigenvalue weighted by Gasteiger charge is -2.26. The molecular weight excluding hydrogens is 312 g/mol. The van der Waals surface area contributed by atoms with Crippen molar-refractivity contribution in [1.29, 1.82) is 0 Å². The Labute approximate surface area is 148 Å². The van der Waals surface area contributed by atoms with Gasteiger partial charge in [0.1, 0.15) is 5.82 Å². The van der Waals surface area contributed by atoms with Crippen molar-refractivity contribution in [3.05, 3.63) is 42.5 Å². The Bertz CT molecular complexity index is 840. The topological polar surface area (TPSA) is 49.6 Å². The summed E-state index contributed by atoms with van der Waals surface area (Å²) in [6.07, 6.45) is 1.19. The molecule has 6 nitrogen and oxygen atoms in total. The summed E-state index contributed by atoms with van der Waals surface area (Å²) in [5.74, 6) is 1.79. The van der Waals surface area contributed by atoms with Gasteiger partial charge in [-0.3, -0.25) is 4.90 Å². The molecule has 130 valence electrons. The zero-order valence-corrected chi connectivity index (χ0v) is 14.8. The number of anilines is 1. The minimum Gasteiger partial charge on any atom is -0.354 e. The summed E-state index contributed by atoms with van der Waals surface area (Å²) in [7, 11) is 0. The molecule has 4 rings (SSSR count). The van der Waals surface area contributed by atoms with E-state index < -0.39 is 0 Å². The molecule has 0 spiro atoms. The predicted octanol–water partition coefficient (Wildman–Crippen LogP) is 2.71. The summed E-state index contributed by atoms with van der Waals surface area (Å²) in [6.45, 7) is 8.75. The summed E-state index contributed by atoms with van der Waals surface area (Å²) in [4.78, 5) is 4.91. The van der Waals surface area contributed by atoms with E-state index in [9.17, 15) is 0 Å². The molecule has 25 heavy (non-hydrogen) atoms. The highest BCUT2D eigenvalue weighted by Crippen LogP contribution is 2.23. The van der Waals surface area contributed by atoms with Crippen molar-refractivity contribution >= 4 is 11.5 Å². The lowest BCUT2D eigenvalue weighted by Crippen LogP contribution is -2.37. The Morgan fingerprint density at radius 3 is 2.60 bits per heavy atom. The quantitative estimate of drug-likeness (QED) is 0.717. The molecule has 0 bridgehead atoms. The van der Waals surface area contributed by atoms with Crippen LogP contribution in [0.25, 0.3) is 17.0 Å². The molecule has 1 aliphatic rings. The predicted molar refractivity (Wildman–Crippen MR) is 99.8 cm³/mol. The summed E-state index contributed by atoms with van der Waals surface area (Å²) < 4.78 is 1.86. The van der Waals surface area contributed by atoms with E-state index in [4.69, 9.17) is 5.10 Å². The molecule has 1 fully saturated rings. The Hall–Kier alpha value is -2.47. The summed E-state index contributed by atoms with van der Waals surface area (Å²) in [6, 6.07) is 14.8. The van der Waals surface area contributed by atoms with E-state index in [1.165, 1.54) is 6.42 Å². The zero-order chi connectivity index (χ0) is 17.2. The van der Waals surface area contributed by atoms with Crippen LogP contribution in [0, 0.1) is 0 Å². The standard InChI is InChI=1S/C19H24N6/c1-3-23(4-2)16-12-13-24(14-16)18-11-10-17-20-21-19(25(17)22-18)15-8-6-5-7-9-15/h5-11,16H,3-4,12-14H2,1-2H3. The van der Waals surface area contributed by atoms with Crippen molar-refractivity contribution in [1.82, 2.24) is 24.7 Å². The average molecular weight is 336 g/mol. The first-order chi connectivity index (χ1) is 12.3. The van der Waals surface area contributed by atoms with Gasteiger partial charge in [-0.2, -0.15) is 4.52 Å². The minimum absolute atomic E-state index is 0.613. The molecule has 0 radical (unpaired) electrons. The second-order valence-electron chi connectivity index (χ2n) is 6.46. The molecule has 1 aromatic carbocycles. The Balaban J connectivity index is 1.64. The van der Waals surface area contributed by atoms with Gasteiger partial charge in [-0.15, -0.1) is 15.3 Å². The van der Waals surface area contributed by atoms with Crippen LogP contribution >= 0.6 is 0 Å². The summed E-state index contributed by atoms with van der Waals surface area (Å²) in [5, 5.41) is 13.4. The van der Waals surface area contributed by atoms with Crippen molar-refractivity contribution in [3.63, 3.8) is 0 Å². The Kier molecular flexibility index (Phi) is 4.36. The number of aromatic nitrogens is 4. The Morgan fingerprint density at radius 2 is 1.84 bits per heavy atom. The largest absolute Gasteiger partial charge is 0.354 e. The van der Waals surface area contributed by atoms with Gasteiger partial charge < -0.3 is 4.90 Å². The van der Waals surface area contributed by atoms with Crippen molar-refractivity contribution in [3.8, 4) is 11.4 Å². The maximum absolute atomic E-state index is 4.84. The van der Waals surface area contributed by atoms with Crippen LogP contribution in [-0.4, -0.2) is 56.9 Å². The third kappa shape index (κ3) is 2.98. The molecule has 0 aliphatic carbocycles. The van der Waals surface area contributed by atoms with E-state index >= 15 is 0 Å². The Morgan fingerprint density at radius 1 is 1.04 bits per heavy atom. The fourth-order valence-electron chi connectivity index (χ4n) is 3.70. The van der Waals surface area contributed by atoms with Crippen molar-refractivity contribution in [2.75, 3.05) is 31.1 Å². The molecule has 1 aliphatic heterocycles. The van der Waals surface area contributed by atoms with Crippen LogP contribution in [0.1, 0.15) is 20.3 Å². The number of likely N-dealkylation sites (N-methyl/N-ethyl adjacent to an activating group) is 1. The van der Waals surface area contributed by atoms with Crippen LogP contribution in [0.2, 0.25) is 0 Å². The number of hydrogen-bond acceptors (Lipinski definition) is 5. The fourth-order valence-corrected chi connectivity index (χ4v) is 3.70. The van der Waals surface area contributed by atoms with Crippen LogP contribution in [0.5, 0.6) is 0 Å². The number of hydrogen-bond donors (Lipinski definition) is 0. The van der Waals surface area contributed by atoms with Gasteiger partial charge in [0.15, 0.2) is 11.5 Å². The highest BCUT2D eigenvalue weighted by molar-refractivity contribution is 5.59. The van der Waals surface area contributed by atoms with Gasteiger partial charge in [0.2, 0.25) is 0 Å². The molecular formula is C19H24N6. The van der Waals surface area contributed by atoms with Crippen molar-refractivity contribution < 1.29 is 0 Å². The highest BCUT2D eigenvalue weighted by atomic mass is 15.4. The first-order valence-corrected chi connectivity index (χ1v) is 9.07. The number of fused-ring (bicyclic) bond motifs is 1. The van der Waals surface area contributed by atoms with Gasteiger partial charge in [0.05, 0.1) is 0 Å². The van der Waals surface area contributed by atoms with Gasteiger partial charge in [-0.25, -0.2) is 0 Å². The van der Waals surface area contributed by atoms with Crippen molar-refractivity contribution in [2.45, 2.75) is 26.3 Å². The van der Waals surface area contributed by atoms with Crippen LogP contribution in [0.3, 0.4) is 0 Å². The molecule has 2 aromatic heterocycles. The molecule has 1 atom stereocenters. The van der Waals surface area contributed by atoms with E-state index in [1.807, 2.05) is 40.9 Å². The monoisotopic (exact) mass is 336 g/mol. The molecule has 3 aromatic rings. The second-order valence-corrected chi connectivity index (χ2v) is 6.46. The zero-order valence-electron chi connectivity index (χ0n) is 14.8. The molecule has 0 saturated carbocycles. The smallest absolute Gasteiger partial charge is 0.185 e. The second kappa shape index (κ2) is 6.80.